The highest BCUT2D eigenvalue weighted by Crippen LogP contribution is 2.29. The Hall–Kier alpha value is -1.65. The molecule has 0 unspecified atom stereocenters. The number of alkyl halides is 3. The van der Waals surface area contributed by atoms with Gasteiger partial charge in [-0.05, 0) is 13.1 Å². The van der Waals surface area contributed by atoms with E-state index in [9.17, 15) is 18.0 Å². The summed E-state index contributed by atoms with van der Waals surface area (Å²) < 4.78 is 50.7. The van der Waals surface area contributed by atoms with E-state index in [0.29, 0.717) is 13.1 Å². The van der Waals surface area contributed by atoms with Crippen LogP contribution in [0.1, 0.15) is 12.5 Å². The van der Waals surface area contributed by atoms with Crippen LogP contribution in [0.5, 0.6) is 0 Å². The van der Waals surface area contributed by atoms with Crippen molar-refractivity contribution < 1.29 is 27.3 Å². The third-order valence-electron chi connectivity index (χ3n) is 3.28. The van der Waals surface area contributed by atoms with Crippen LogP contribution in [-0.4, -0.2) is 56.3 Å². The predicted molar refractivity (Wildman–Crippen MR) is 78.3 cm³/mol. The van der Waals surface area contributed by atoms with Crippen molar-refractivity contribution in [1.29, 1.82) is 0 Å². The first-order chi connectivity index (χ1) is 10.8. The quantitative estimate of drug-likeness (QED) is 0.810. The SMILES string of the molecule is CC(=O)Nc1cc(C(F)(F)F)c(B2OCCN(C)CCO2)cn1. The summed E-state index contributed by atoms with van der Waals surface area (Å²) in [7, 11) is 0.733. The highest BCUT2D eigenvalue weighted by atomic mass is 19.4. The Morgan fingerprint density at radius 3 is 2.48 bits per heavy atom. The lowest BCUT2D eigenvalue weighted by Gasteiger charge is -2.25. The molecule has 10 heteroatoms. The van der Waals surface area contributed by atoms with Crippen molar-refractivity contribution in [2.45, 2.75) is 13.1 Å². The Labute approximate surface area is 132 Å². The summed E-state index contributed by atoms with van der Waals surface area (Å²) in [4.78, 5) is 16.8. The second-order valence-electron chi connectivity index (χ2n) is 5.21. The van der Waals surface area contributed by atoms with Crippen molar-refractivity contribution >= 4 is 24.3 Å². The van der Waals surface area contributed by atoms with E-state index >= 15 is 0 Å². The molecule has 126 valence electrons. The van der Waals surface area contributed by atoms with E-state index in [-0.39, 0.29) is 24.5 Å². The minimum absolute atomic E-state index is 0.167. The molecular weight excluding hydrogens is 314 g/mol. The fourth-order valence-corrected chi connectivity index (χ4v) is 2.12. The van der Waals surface area contributed by atoms with E-state index in [4.69, 9.17) is 9.31 Å². The Morgan fingerprint density at radius 2 is 1.96 bits per heavy atom. The number of halogens is 3. The minimum Gasteiger partial charge on any atom is -0.406 e. The van der Waals surface area contributed by atoms with Crippen LogP contribution in [0.2, 0.25) is 0 Å². The third kappa shape index (κ3) is 4.91. The summed E-state index contributed by atoms with van der Waals surface area (Å²) in [6.07, 6.45) is -3.58. The number of hydrogen-bond acceptors (Lipinski definition) is 5. The van der Waals surface area contributed by atoms with E-state index in [1.54, 1.807) is 0 Å². The first kappa shape index (κ1) is 17.7. The van der Waals surface area contributed by atoms with Crippen LogP contribution in [0, 0.1) is 0 Å². The van der Waals surface area contributed by atoms with Crippen molar-refractivity contribution in [3.63, 3.8) is 0 Å². The normalized spacial score (nSPS) is 17.5. The van der Waals surface area contributed by atoms with Crippen LogP contribution < -0.4 is 10.8 Å². The second kappa shape index (κ2) is 7.28. The molecule has 23 heavy (non-hydrogen) atoms. The highest BCUT2D eigenvalue weighted by Gasteiger charge is 2.39. The summed E-state index contributed by atoms with van der Waals surface area (Å²) in [5.74, 6) is -0.668. The number of rotatable bonds is 2. The number of hydrogen-bond donors (Lipinski definition) is 1. The molecule has 1 aliphatic heterocycles. The number of carbonyl (C=O) groups excluding carboxylic acids is 1. The van der Waals surface area contributed by atoms with E-state index in [0.717, 1.165) is 12.3 Å². The zero-order valence-electron chi connectivity index (χ0n) is 12.8. The topological polar surface area (TPSA) is 63.7 Å². The molecule has 2 rings (SSSR count). The van der Waals surface area contributed by atoms with Gasteiger partial charge in [-0.3, -0.25) is 4.79 Å². The van der Waals surface area contributed by atoms with Crippen LogP contribution in [0.3, 0.4) is 0 Å². The number of likely N-dealkylation sites (N-methyl/N-ethyl adjacent to an activating group) is 1. The molecule has 0 atom stereocenters. The van der Waals surface area contributed by atoms with E-state index in [1.165, 1.54) is 6.92 Å². The van der Waals surface area contributed by atoms with Crippen molar-refractivity contribution in [3.8, 4) is 0 Å². The maximum atomic E-state index is 13.3. The molecule has 0 bridgehead atoms. The average Bonchev–Trinajstić information content (AvgIpc) is 2.41. The van der Waals surface area contributed by atoms with Gasteiger partial charge in [0.15, 0.2) is 0 Å². The van der Waals surface area contributed by atoms with Gasteiger partial charge in [0, 0.05) is 44.9 Å². The summed E-state index contributed by atoms with van der Waals surface area (Å²) in [6.45, 7) is 2.87. The largest absolute Gasteiger partial charge is 0.496 e. The van der Waals surface area contributed by atoms with Crippen molar-refractivity contribution in [3.05, 3.63) is 17.8 Å². The van der Waals surface area contributed by atoms with Gasteiger partial charge >= 0.3 is 13.3 Å². The van der Waals surface area contributed by atoms with Gasteiger partial charge in [0.25, 0.3) is 0 Å². The molecule has 0 radical (unpaired) electrons. The maximum Gasteiger partial charge on any atom is 0.496 e. The third-order valence-corrected chi connectivity index (χ3v) is 3.28. The molecule has 0 aromatic carbocycles. The van der Waals surface area contributed by atoms with Crippen LogP contribution in [0.15, 0.2) is 12.3 Å². The number of amides is 1. The fraction of sp³-hybridized carbons (Fsp3) is 0.538. The molecular formula is C13H17BF3N3O3. The predicted octanol–water partition coefficient (Wildman–Crippen LogP) is 0.733. The number of nitrogens with one attached hydrogen (secondary N) is 1. The lowest BCUT2D eigenvalue weighted by molar-refractivity contribution is -0.137. The Balaban J connectivity index is 2.30. The van der Waals surface area contributed by atoms with E-state index in [2.05, 4.69) is 10.3 Å². The zero-order valence-corrected chi connectivity index (χ0v) is 12.8. The van der Waals surface area contributed by atoms with Gasteiger partial charge in [0.05, 0.1) is 5.56 Å². The van der Waals surface area contributed by atoms with Crippen LogP contribution in [0.25, 0.3) is 0 Å². The number of pyridine rings is 1. The van der Waals surface area contributed by atoms with Gasteiger partial charge in [0.2, 0.25) is 5.91 Å². The molecule has 2 heterocycles. The molecule has 0 spiro atoms. The van der Waals surface area contributed by atoms with Crippen LogP contribution >= 0.6 is 0 Å². The first-order valence-corrected chi connectivity index (χ1v) is 7.04. The van der Waals surface area contributed by atoms with Gasteiger partial charge in [0.1, 0.15) is 5.82 Å². The lowest BCUT2D eigenvalue weighted by Crippen LogP contribution is -2.46. The monoisotopic (exact) mass is 331 g/mol. The zero-order chi connectivity index (χ0) is 17.0. The average molecular weight is 331 g/mol. The van der Waals surface area contributed by atoms with Gasteiger partial charge < -0.3 is 19.5 Å². The molecule has 1 aromatic rings. The van der Waals surface area contributed by atoms with Crippen molar-refractivity contribution in [2.75, 3.05) is 38.7 Å². The number of carbonyl (C=O) groups is 1. The Morgan fingerprint density at radius 1 is 1.35 bits per heavy atom. The fourth-order valence-electron chi connectivity index (χ4n) is 2.12. The summed E-state index contributed by atoms with van der Waals surface area (Å²) in [5, 5.41) is 2.24. The molecule has 6 nitrogen and oxygen atoms in total. The Bertz CT molecular complexity index is 561. The van der Waals surface area contributed by atoms with E-state index < -0.39 is 24.8 Å². The van der Waals surface area contributed by atoms with Gasteiger partial charge in [-0.2, -0.15) is 13.2 Å². The second-order valence-corrected chi connectivity index (χ2v) is 5.21. The molecule has 1 amide bonds. The molecule has 1 fully saturated rings. The molecule has 1 N–H and O–H groups in total. The van der Waals surface area contributed by atoms with E-state index in [1.807, 2.05) is 11.9 Å². The number of aromatic nitrogens is 1. The van der Waals surface area contributed by atoms with Crippen LogP contribution in [-0.2, 0) is 20.3 Å². The number of anilines is 1. The van der Waals surface area contributed by atoms with Crippen LogP contribution in [0.4, 0.5) is 19.0 Å². The summed E-state index contributed by atoms with van der Waals surface area (Å²) in [6, 6.07) is 0.786. The summed E-state index contributed by atoms with van der Waals surface area (Å²) in [5.41, 5.74) is -1.13. The smallest absolute Gasteiger partial charge is 0.406 e. The molecule has 0 aliphatic carbocycles. The Kier molecular flexibility index (Phi) is 5.61. The van der Waals surface area contributed by atoms with Gasteiger partial charge in [-0.25, -0.2) is 4.98 Å². The molecule has 1 aromatic heterocycles. The molecule has 1 aliphatic rings. The standard InChI is InChI=1S/C13H17BF3N3O3/c1-9(21)19-12-7-10(13(15,16)17)11(8-18-12)14-22-5-3-20(2)4-6-23-14/h7-8H,3-6H2,1-2H3,(H,18,19,21). The summed E-state index contributed by atoms with van der Waals surface area (Å²) >= 11 is 0. The van der Waals surface area contributed by atoms with Crippen molar-refractivity contribution in [1.82, 2.24) is 9.88 Å². The minimum atomic E-state index is -4.61. The molecule has 0 saturated carbocycles. The molecule has 1 saturated heterocycles. The highest BCUT2D eigenvalue weighted by molar-refractivity contribution is 6.61. The van der Waals surface area contributed by atoms with Gasteiger partial charge in [-0.15, -0.1) is 0 Å². The lowest BCUT2D eigenvalue weighted by atomic mass is 9.76. The first-order valence-electron chi connectivity index (χ1n) is 7.04. The van der Waals surface area contributed by atoms with Gasteiger partial charge in [-0.1, -0.05) is 0 Å². The maximum absolute atomic E-state index is 13.3. The van der Waals surface area contributed by atoms with Crippen molar-refractivity contribution in [2.24, 2.45) is 0 Å². The number of nitrogens with zero attached hydrogens (tertiary/aromatic N) is 2.